The Balaban J connectivity index is 2.00. The van der Waals surface area contributed by atoms with Crippen molar-refractivity contribution in [1.82, 2.24) is 0 Å². The van der Waals surface area contributed by atoms with Gasteiger partial charge in [-0.05, 0) is 102 Å². The zero-order valence-electron chi connectivity index (χ0n) is 20.6. The van der Waals surface area contributed by atoms with Crippen LogP contribution in [0.2, 0.25) is 0 Å². The molecule has 0 aliphatic heterocycles. The smallest absolute Gasteiger partial charge is 0.282 e. The first-order valence-corrected chi connectivity index (χ1v) is 17.3. The lowest BCUT2D eigenvalue weighted by Crippen LogP contribution is -2.01. The van der Waals surface area contributed by atoms with E-state index in [4.69, 9.17) is 0 Å². The van der Waals surface area contributed by atoms with Gasteiger partial charge in [-0.1, -0.05) is 24.3 Å². The average molecular weight is 649 g/mol. The summed E-state index contributed by atoms with van der Waals surface area (Å²) in [6, 6.07) is 14.3. The Hall–Kier alpha value is -3.74. The first-order chi connectivity index (χ1) is 19.4. The van der Waals surface area contributed by atoms with Crippen LogP contribution < -0.4 is 0 Å². The Kier molecular flexibility index (Phi) is 6.00. The van der Waals surface area contributed by atoms with Crippen molar-refractivity contribution in [2.24, 2.45) is 0 Å². The van der Waals surface area contributed by atoms with E-state index in [2.05, 4.69) is 0 Å². The zero-order valence-corrected chi connectivity index (χ0v) is 23.9. The predicted octanol–water partition coefficient (Wildman–Crippen LogP) is 4.44. The van der Waals surface area contributed by atoms with E-state index in [0.29, 0.717) is 32.3 Å². The van der Waals surface area contributed by atoms with Crippen molar-refractivity contribution < 1.29 is 51.9 Å². The maximum atomic E-state index is 12.0. The highest BCUT2D eigenvalue weighted by Crippen LogP contribution is 2.45. The fourth-order valence-corrected chi connectivity index (χ4v) is 7.35. The van der Waals surface area contributed by atoms with Crippen LogP contribution in [0.5, 0.6) is 0 Å². The van der Waals surface area contributed by atoms with Crippen LogP contribution in [0.15, 0.2) is 92.4 Å². The Morgan fingerprint density at radius 3 is 0.667 bits per heavy atom. The molecule has 0 bridgehead atoms. The molecule has 12 nitrogen and oxygen atoms in total. The Morgan fingerprint density at radius 1 is 0.310 bits per heavy atom. The molecule has 6 aromatic carbocycles. The molecule has 0 unspecified atom stereocenters. The maximum Gasteiger partial charge on any atom is 0.294 e. The molecule has 0 aromatic heterocycles. The van der Waals surface area contributed by atoms with Crippen molar-refractivity contribution in [3.63, 3.8) is 0 Å². The number of hydrogen-bond acceptors (Lipinski definition) is 8. The van der Waals surface area contributed by atoms with Crippen LogP contribution in [0.1, 0.15) is 0 Å². The zero-order chi connectivity index (χ0) is 30.6. The van der Waals surface area contributed by atoms with E-state index in [0.717, 1.165) is 48.5 Å². The second-order valence-corrected chi connectivity index (χ2v) is 15.2. The van der Waals surface area contributed by atoms with Gasteiger partial charge in [-0.2, -0.15) is 33.7 Å². The van der Waals surface area contributed by atoms with Gasteiger partial charge in [-0.15, -0.1) is 0 Å². The molecule has 0 saturated carbocycles. The highest BCUT2D eigenvalue weighted by atomic mass is 32.2. The van der Waals surface area contributed by atoms with Crippen molar-refractivity contribution >= 4 is 94.3 Å². The summed E-state index contributed by atoms with van der Waals surface area (Å²) in [4.78, 5) is -2.04. The normalized spacial score (nSPS) is 13.5. The lowest BCUT2D eigenvalue weighted by atomic mass is 9.87. The fourth-order valence-electron chi connectivity index (χ4n) is 5.33. The van der Waals surface area contributed by atoms with Crippen LogP contribution in [0.3, 0.4) is 0 Å². The molecule has 6 aromatic rings. The lowest BCUT2D eigenvalue weighted by Gasteiger charge is -2.18. The van der Waals surface area contributed by atoms with E-state index in [1.807, 2.05) is 0 Å². The molecule has 0 saturated heterocycles. The third-order valence-electron chi connectivity index (χ3n) is 7.06. The standard InChI is InChI=1S/C26H16O12S4/c27-39(28,29)13-1-5-17-21(9-13)22-10-14(40(30,31)32)3-7-19(22)26-20-8-4-16(42(36,37)38)12-24(20)23-11-15(41(33,34)35)2-6-18(23)25(17)26/h1-12H,(H,27,28,29)(H,30,31,32)(H,33,34,35)(H,36,37,38). The van der Waals surface area contributed by atoms with Crippen LogP contribution in [0.4, 0.5) is 0 Å². The highest BCUT2D eigenvalue weighted by Gasteiger charge is 2.22. The average Bonchev–Trinajstić information content (AvgIpc) is 2.89. The van der Waals surface area contributed by atoms with E-state index < -0.39 is 60.1 Å². The number of benzene rings is 6. The minimum Gasteiger partial charge on any atom is -0.282 e. The van der Waals surface area contributed by atoms with Crippen molar-refractivity contribution in [2.45, 2.75) is 19.6 Å². The highest BCUT2D eigenvalue weighted by molar-refractivity contribution is 7.86. The molecular formula is C26H16O12S4. The molecule has 16 heteroatoms. The molecule has 0 amide bonds. The van der Waals surface area contributed by atoms with Gasteiger partial charge in [0, 0.05) is 0 Å². The second kappa shape index (κ2) is 8.88. The van der Waals surface area contributed by atoms with Gasteiger partial charge in [-0.25, -0.2) is 0 Å². The van der Waals surface area contributed by atoms with Crippen LogP contribution in [0, 0.1) is 0 Å². The van der Waals surface area contributed by atoms with Crippen LogP contribution in [-0.4, -0.2) is 51.9 Å². The summed E-state index contributed by atoms with van der Waals surface area (Å²) in [5.41, 5.74) is 0. The summed E-state index contributed by atoms with van der Waals surface area (Å²) in [6.07, 6.45) is 0. The molecule has 216 valence electrons. The SMILES string of the molecule is O=S(=O)(O)c1ccc2c(c1)c1cc(S(=O)(=O)O)ccc1c1c3ccc(S(=O)(=O)O)cc3c3cc(S(=O)(=O)O)ccc3c21. The number of fused-ring (bicyclic) bond motifs is 11. The third kappa shape index (κ3) is 4.48. The van der Waals surface area contributed by atoms with Crippen LogP contribution in [0.25, 0.3) is 53.9 Å². The van der Waals surface area contributed by atoms with Gasteiger partial charge in [-0.3, -0.25) is 18.2 Å². The molecule has 4 N–H and O–H groups in total. The van der Waals surface area contributed by atoms with E-state index in [1.54, 1.807) is 0 Å². The summed E-state index contributed by atoms with van der Waals surface area (Å²) in [5, 5.41) is 2.68. The van der Waals surface area contributed by atoms with Gasteiger partial charge < -0.3 is 0 Å². The molecule has 0 heterocycles. The summed E-state index contributed by atoms with van der Waals surface area (Å²) in [6.45, 7) is 0. The molecule has 42 heavy (non-hydrogen) atoms. The summed E-state index contributed by atoms with van der Waals surface area (Å²) in [7, 11) is -18.9. The van der Waals surface area contributed by atoms with Crippen LogP contribution >= 0.6 is 0 Å². The van der Waals surface area contributed by atoms with E-state index in [1.165, 1.54) is 24.3 Å². The summed E-state index contributed by atoms with van der Waals surface area (Å²) in [5.74, 6) is 0. The molecular weight excluding hydrogens is 633 g/mol. The number of rotatable bonds is 4. The predicted molar refractivity (Wildman–Crippen MR) is 153 cm³/mol. The van der Waals surface area contributed by atoms with Gasteiger partial charge in [0.2, 0.25) is 0 Å². The monoisotopic (exact) mass is 648 g/mol. The quantitative estimate of drug-likeness (QED) is 0.154. The number of hydrogen-bond donors (Lipinski definition) is 4. The lowest BCUT2D eigenvalue weighted by molar-refractivity contribution is 0.481. The molecule has 0 aliphatic carbocycles. The summed E-state index contributed by atoms with van der Waals surface area (Å²) >= 11 is 0. The third-order valence-corrected chi connectivity index (χ3v) is 10.5. The maximum absolute atomic E-state index is 12.0. The van der Waals surface area contributed by atoms with Gasteiger partial charge in [0.15, 0.2) is 0 Å². The van der Waals surface area contributed by atoms with Gasteiger partial charge >= 0.3 is 0 Å². The summed E-state index contributed by atoms with van der Waals surface area (Å²) < 4.78 is 135. The second-order valence-electron chi connectivity index (χ2n) is 9.48. The van der Waals surface area contributed by atoms with Gasteiger partial charge in [0.1, 0.15) is 0 Å². The molecule has 0 aliphatic rings. The van der Waals surface area contributed by atoms with Crippen LogP contribution in [-0.2, 0) is 40.5 Å². The van der Waals surface area contributed by atoms with Crippen molar-refractivity contribution in [3.8, 4) is 0 Å². The van der Waals surface area contributed by atoms with E-state index in [-0.39, 0.29) is 21.5 Å². The first-order valence-electron chi connectivity index (χ1n) is 11.6. The largest absolute Gasteiger partial charge is 0.294 e. The molecule has 0 radical (unpaired) electrons. The minimum atomic E-state index is -4.72. The Morgan fingerprint density at radius 2 is 0.500 bits per heavy atom. The molecule has 0 atom stereocenters. The van der Waals surface area contributed by atoms with Crippen molar-refractivity contribution in [1.29, 1.82) is 0 Å². The Labute approximate surface area is 237 Å². The van der Waals surface area contributed by atoms with Crippen molar-refractivity contribution in [3.05, 3.63) is 72.8 Å². The van der Waals surface area contributed by atoms with E-state index >= 15 is 0 Å². The minimum absolute atomic E-state index is 0.146. The Bertz CT molecular complexity index is 2290. The van der Waals surface area contributed by atoms with Gasteiger partial charge in [0.25, 0.3) is 40.5 Å². The molecule has 0 spiro atoms. The first kappa shape index (κ1) is 28.4. The fraction of sp³-hybridized carbons (Fsp3) is 0. The van der Waals surface area contributed by atoms with Crippen molar-refractivity contribution in [2.75, 3.05) is 0 Å². The van der Waals surface area contributed by atoms with E-state index in [9.17, 15) is 51.9 Å². The topological polar surface area (TPSA) is 217 Å². The molecule has 0 fully saturated rings. The van der Waals surface area contributed by atoms with Gasteiger partial charge in [0.05, 0.1) is 19.6 Å². The molecule has 6 rings (SSSR count).